The monoisotopic (exact) mass is 674 g/mol. The number of ketones is 2. The molecule has 2 aromatic heterocycles. The molecule has 0 bridgehead atoms. The number of Topliss-reactive ketones (excluding diaryl/α,β-unsaturated/α-hetero) is 2. The lowest BCUT2D eigenvalue weighted by Crippen LogP contribution is -2.39. The fourth-order valence-electron chi connectivity index (χ4n) is 4.79. The minimum absolute atomic E-state index is 0.117. The van der Waals surface area contributed by atoms with Crippen LogP contribution in [-0.2, 0) is 28.5 Å². The van der Waals surface area contributed by atoms with Crippen molar-refractivity contribution in [3.63, 3.8) is 0 Å². The Morgan fingerprint density at radius 1 is 0.646 bits per heavy atom. The van der Waals surface area contributed by atoms with Crippen LogP contribution in [0, 0.1) is 0 Å². The predicted octanol–water partition coefficient (Wildman–Crippen LogP) is 6.28. The summed E-state index contributed by atoms with van der Waals surface area (Å²) >= 11 is 0. The first-order valence-corrected chi connectivity index (χ1v) is 17.1. The highest BCUT2D eigenvalue weighted by Crippen LogP contribution is 2.21. The van der Waals surface area contributed by atoms with Crippen LogP contribution in [0.2, 0.25) is 0 Å². The van der Waals surface area contributed by atoms with Crippen molar-refractivity contribution in [2.24, 2.45) is 0 Å². The Morgan fingerprint density at radius 2 is 1.02 bits per heavy atom. The molecule has 2 aliphatic rings. The summed E-state index contributed by atoms with van der Waals surface area (Å²) in [6.07, 6.45) is 9.28. The van der Waals surface area contributed by atoms with E-state index in [0.29, 0.717) is 51.0 Å². The molecule has 268 valence electrons. The van der Waals surface area contributed by atoms with Crippen LogP contribution in [0.1, 0.15) is 92.9 Å². The van der Waals surface area contributed by atoms with Crippen LogP contribution in [0.5, 0.6) is 23.3 Å². The zero-order valence-electron chi connectivity index (χ0n) is 29.4. The third kappa shape index (κ3) is 16.7. The van der Waals surface area contributed by atoms with Crippen molar-refractivity contribution in [1.82, 2.24) is 9.97 Å². The van der Waals surface area contributed by atoms with Gasteiger partial charge in [0.15, 0.2) is 12.6 Å². The van der Waals surface area contributed by atoms with Crippen molar-refractivity contribution >= 4 is 11.6 Å². The highest BCUT2D eigenvalue weighted by Gasteiger charge is 2.25. The molecular weight excluding hydrogens is 620 g/mol. The van der Waals surface area contributed by atoms with Crippen LogP contribution in [-0.4, -0.2) is 85.0 Å². The van der Waals surface area contributed by atoms with Gasteiger partial charge in [-0.1, -0.05) is 0 Å². The molecule has 0 amide bonds. The predicted molar refractivity (Wildman–Crippen MR) is 179 cm³/mol. The molecule has 4 rings (SSSR count). The number of hydrogen-bond acceptors (Lipinski definition) is 12. The maximum atomic E-state index is 10.9. The second-order valence-electron chi connectivity index (χ2n) is 12.6. The van der Waals surface area contributed by atoms with Gasteiger partial charge in [0.2, 0.25) is 11.8 Å². The normalized spacial score (nSPS) is 20.8. The Balaban J connectivity index is 0.000000260. The van der Waals surface area contributed by atoms with Gasteiger partial charge in [0.05, 0.1) is 51.0 Å². The second kappa shape index (κ2) is 21.6. The van der Waals surface area contributed by atoms with Gasteiger partial charge in [-0.2, -0.15) is 0 Å². The molecule has 0 aromatic carbocycles. The summed E-state index contributed by atoms with van der Waals surface area (Å²) in [7, 11) is 0. The first kappa shape index (κ1) is 39.1. The van der Waals surface area contributed by atoms with Gasteiger partial charge in [-0.15, -0.1) is 0 Å². The van der Waals surface area contributed by atoms with E-state index in [4.69, 9.17) is 37.9 Å². The summed E-state index contributed by atoms with van der Waals surface area (Å²) in [4.78, 5) is 30.2. The van der Waals surface area contributed by atoms with Crippen molar-refractivity contribution in [3.8, 4) is 23.3 Å². The summed E-state index contributed by atoms with van der Waals surface area (Å²) in [5.41, 5.74) is 0. The van der Waals surface area contributed by atoms with Gasteiger partial charge >= 0.3 is 0 Å². The molecule has 0 atom stereocenters. The van der Waals surface area contributed by atoms with Crippen LogP contribution < -0.4 is 18.9 Å². The van der Waals surface area contributed by atoms with E-state index >= 15 is 0 Å². The molecule has 0 N–H and O–H groups in total. The third-order valence-corrected chi connectivity index (χ3v) is 7.05. The molecular formula is C36H54N2O10. The van der Waals surface area contributed by atoms with E-state index in [-0.39, 0.29) is 48.6 Å². The average Bonchev–Trinajstić information content (AvgIpc) is 3.04. The highest BCUT2D eigenvalue weighted by atomic mass is 16.7. The SMILES string of the molecule is CC(=O)CCCCC1OCC(Oc2ccc(OC(C)C)cn2)CO1.CC(=O)CCCCC1OCC(Oc2ccc(OC(C)C)cn2)CO1. The number of unbranched alkanes of at least 4 members (excludes halogenated alkanes) is 2. The maximum Gasteiger partial charge on any atom is 0.213 e. The number of nitrogens with zero attached hydrogens (tertiary/aromatic N) is 2. The summed E-state index contributed by atoms with van der Waals surface area (Å²) < 4.78 is 45.3. The summed E-state index contributed by atoms with van der Waals surface area (Å²) in [5, 5.41) is 0. The molecule has 4 heterocycles. The van der Waals surface area contributed by atoms with Gasteiger partial charge in [-0.25, -0.2) is 9.97 Å². The number of aromatic nitrogens is 2. The van der Waals surface area contributed by atoms with Crippen LogP contribution in [0.3, 0.4) is 0 Å². The van der Waals surface area contributed by atoms with Crippen LogP contribution in [0.4, 0.5) is 0 Å². The number of rotatable bonds is 18. The number of carbonyl (C=O) groups is 2. The van der Waals surface area contributed by atoms with E-state index in [9.17, 15) is 9.59 Å². The van der Waals surface area contributed by atoms with Crippen molar-refractivity contribution < 1.29 is 47.5 Å². The van der Waals surface area contributed by atoms with Gasteiger partial charge in [-0.3, -0.25) is 0 Å². The van der Waals surface area contributed by atoms with E-state index in [1.807, 2.05) is 39.8 Å². The molecule has 2 aromatic rings. The van der Waals surface area contributed by atoms with Crippen molar-refractivity contribution in [2.75, 3.05) is 26.4 Å². The molecule has 0 spiro atoms. The van der Waals surface area contributed by atoms with E-state index in [1.54, 1.807) is 38.4 Å². The van der Waals surface area contributed by atoms with Crippen LogP contribution in [0.15, 0.2) is 36.7 Å². The van der Waals surface area contributed by atoms with Gasteiger partial charge in [0, 0.05) is 25.0 Å². The van der Waals surface area contributed by atoms with Gasteiger partial charge in [0.1, 0.15) is 35.3 Å². The lowest BCUT2D eigenvalue weighted by Gasteiger charge is -2.29. The quantitative estimate of drug-likeness (QED) is 0.165. The van der Waals surface area contributed by atoms with Crippen molar-refractivity contribution in [2.45, 2.75) is 130 Å². The number of hydrogen-bond donors (Lipinski definition) is 0. The van der Waals surface area contributed by atoms with Gasteiger partial charge < -0.3 is 47.5 Å². The van der Waals surface area contributed by atoms with Crippen molar-refractivity contribution in [3.05, 3.63) is 36.7 Å². The minimum atomic E-state index is -0.202. The Labute approximate surface area is 285 Å². The fraction of sp³-hybridized carbons (Fsp3) is 0.667. The molecule has 12 nitrogen and oxygen atoms in total. The fourth-order valence-corrected chi connectivity index (χ4v) is 4.79. The van der Waals surface area contributed by atoms with Crippen LogP contribution in [0.25, 0.3) is 0 Å². The topological polar surface area (TPSA) is 134 Å². The molecule has 0 saturated carbocycles. The molecule has 48 heavy (non-hydrogen) atoms. The summed E-state index contributed by atoms with van der Waals surface area (Å²) in [5.74, 6) is 2.96. The maximum absolute atomic E-state index is 10.9. The van der Waals surface area contributed by atoms with Crippen molar-refractivity contribution in [1.29, 1.82) is 0 Å². The number of pyridine rings is 2. The standard InChI is InChI=1S/2C18H27NO5/c2*1-13(2)23-15-8-9-17(19-10-15)24-16-11-21-18(22-12-16)7-5-4-6-14(3)20/h2*8-10,13,16,18H,4-7,11-12H2,1-3H3. The molecule has 2 fully saturated rings. The Hall–Kier alpha value is -3.32. The zero-order valence-corrected chi connectivity index (χ0v) is 29.4. The van der Waals surface area contributed by atoms with E-state index in [1.165, 1.54) is 0 Å². The number of carbonyl (C=O) groups excluding carboxylic acids is 2. The van der Waals surface area contributed by atoms with E-state index in [2.05, 4.69) is 9.97 Å². The van der Waals surface area contributed by atoms with E-state index in [0.717, 1.165) is 50.0 Å². The first-order chi connectivity index (χ1) is 23.0. The summed E-state index contributed by atoms with van der Waals surface area (Å²) in [6, 6.07) is 7.24. The summed E-state index contributed by atoms with van der Waals surface area (Å²) in [6.45, 7) is 13.0. The molecule has 12 heteroatoms. The smallest absolute Gasteiger partial charge is 0.213 e. The highest BCUT2D eigenvalue weighted by molar-refractivity contribution is 5.75. The molecule has 0 aliphatic carbocycles. The second-order valence-corrected chi connectivity index (χ2v) is 12.6. The average molecular weight is 675 g/mol. The Bertz CT molecular complexity index is 1080. The molecule has 2 saturated heterocycles. The largest absolute Gasteiger partial charge is 0.489 e. The number of ether oxygens (including phenoxy) is 8. The lowest BCUT2D eigenvalue weighted by atomic mass is 10.1. The zero-order chi connectivity index (χ0) is 34.7. The van der Waals surface area contributed by atoms with Gasteiger partial charge in [-0.05, 0) is 92.2 Å². The van der Waals surface area contributed by atoms with Crippen LogP contribution >= 0.6 is 0 Å². The van der Waals surface area contributed by atoms with E-state index < -0.39 is 0 Å². The molecule has 0 radical (unpaired) electrons. The Kier molecular flexibility index (Phi) is 17.6. The third-order valence-electron chi connectivity index (χ3n) is 7.05. The molecule has 2 aliphatic heterocycles. The first-order valence-electron chi connectivity index (χ1n) is 17.1. The van der Waals surface area contributed by atoms with Gasteiger partial charge in [0.25, 0.3) is 0 Å². The minimum Gasteiger partial charge on any atom is -0.489 e. The Morgan fingerprint density at radius 3 is 1.31 bits per heavy atom. The lowest BCUT2D eigenvalue weighted by molar-refractivity contribution is -0.214. The molecule has 0 unspecified atom stereocenters.